The second-order valence-corrected chi connectivity index (χ2v) is 6.92. The number of nitrogens with zero attached hydrogens (tertiary/aromatic N) is 1. The third-order valence-electron chi connectivity index (χ3n) is 5.30. The first-order valence-corrected chi connectivity index (χ1v) is 7.90. The summed E-state index contributed by atoms with van der Waals surface area (Å²) in [5.74, 6) is -2.83. The molecule has 1 saturated carbocycles. The van der Waals surface area contributed by atoms with Crippen molar-refractivity contribution >= 4 is 5.91 Å². The van der Waals surface area contributed by atoms with Crippen LogP contribution in [0, 0.1) is 5.41 Å². The second-order valence-electron chi connectivity index (χ2n) is 6.92. The number of piperidine rings is 1. The monoisotopic (exact) mass is 286 g/mol. The zero-order valence-corrected chi connectivity index (χ0v) is 12.0. The van der Waals surface area contributed by atoms with Crippen LogP contribution >= 0.6 is 0 Å². The van der Waals surface area contributed by atoms with Crippen LogP contribution in [0.15, 0.2) is 0 Å². The van der Waals surface area contributed by atoms with Crippen LogP contribution in [-0.2, 0) is 4.79 Å². The van der Waals surface area contributed by atoms with Crippen LogP contribution < -0.4 is 5.32 Å². The van der Waals surface area contributed by atoms with Gasteiger partial charge in [-0.2, -0.15) is 0 Å². The van der Waals surface area contributed by atoms with Crippen LogP contribution in [0.5, 0.6) is 0 Å². The SMILES string of the molecule is O=C(C1CC(F)(F)CN1)N1CCCC2(CCCCC2)C1. The lowest BCUT2D eigenvalue weighted by atomic mass is 9.69. The van der Waals surface area contributed by atoms with Crippen LogP contribution in [0.25, 0.3) is 0 Å². The van der Waals surface area contributed by atoms with Crippen LogP contribution in [0.4, 0.5) is 8.78 Å². The molecule has 3 aliphatic rings. The van der Waals surface area contributed by atoms with Gasteiger partial charge in [0.2, 0.25) is 5.91 Å². The van der Waals surface area contributed by atoms with Crippen molar-refractivity contribution in [3.8, 4) is 0 Å². The van der Waals surface area contributed by atoms with Crippen LogP contribution in [0.3, 0.4) is 0 Å². The summed E-state index contributed by atoms with van der Waals surface area (Å²) >= 11 is 0. The zero-order valence-electron chi connectivity index (χ0n) is 12.0. The summed E-state index contributed by atoms with van der Waals surface area (Å²) in [5, 5.41) is 2.69. The van der Waals surface area contributed by atoms with Gasteiger partial charge in [0.05, 0.1) is 12.6 Å². The van der Waals surface area contributed by atoms with E-state index in [4.69, 9.17) is 0 Å². The van der Waals surface area contributed by atoms with E-state index in [1.54, 1.807) is 0 Å². The molecule has 2 heterocycles. The number of amides is 1. The van der Waals surface area contributed by atoms with Crippen molar-refractivity contribution in [2.24, 2.45) is 5.41 Å². The largest absolute Gasteiger partial charge is 0.341 e. The Morgan fingerprint density at radius 1 is 1.10 bits per heavy atom. The molecule has 3 fully saturated rings. The number of nitrogens with one attached hydrogen (secondary N) is 1. The van der Waals surface area contributed by atoms with Crippen molar-refractivity contribution < 1.29 is 13.6 Å². The van der Waals surface area contributed by atoms with E-state index in [0.29, 0.717) is 0 Å². The molecule has 2 aliphatic heterocycles. The average Bonchev–Trinajstić information content (AvgIpc) is 2.79. The zero-order chi connectivity index (χ0) is 14.2. The molecule has 1 unspecified atom stereocenters. The molecule has 1 spiro atoms. The smallest absolute Gasteiger partial charge is 0.262 e. The number of likely N-dealkylation sites (tertiary alicyclic amines) is 1. The van der Waals surface area contributed by atoms with E-state index in [9.17, 15) is 13.6 Å². The van der Waals surface area contributed by atoms with Gasteiger partial charge in [0.15, 0.2) is 0 Å². The van der Waals surface area contributed by atoms with Gasteiger partial charge in [-0.25, -0.2) is 8.78 Å². The van der Waals surface area contributed by atoms with Crippen LogP contribution in [-0.4, -0.2) is 42.4 Å². The van der Waals surface area contributed by atoms with Gasteiger partial charge < -0.3 is 4.90 Å². The topological polar surface area (TPSA) is 32.3 Å². The van der Waals surface area contributed by atoms with E-state index >= 15 is 0 Å². The first kappa shape index (κ1) is 14.2. The Labute approximate surface area is 119 Å². The molecule has 0 aromatic heterocycles. The maximum Gasteiger partial charge on any atom is 0.262 e. The summed E-state index contributed by atoms with van der Waals surface area (Å²) in [5.41, 5.74) is 0.285. The van der Waals surface area contributed by atoms with Crippen molar-refractivity contribution in [1.82, 2.24) is 10.2 Å². The molecule has 0 aromatic rings. The molecule has 0 aromatic carbocycles. The minimum atomic E-state index is -2.72. The summed E-state index contributed by atoms with van der Waals surface area (Å²) in [7, 11) is 0. The molecular weight excluding hydrogens is 262 g/mol. The van der Waals surface area contributed by atoms with Crippen LogP contribution in [0.2, 0.25) is 0 Å². The Bertz CT molecular complexity index is 375. The molecule has 114 valence electrons. The molecular formula is C15H24F2N2O. The number of halogens is 2. The van der Waals surface area contributed by atoms with E-state index in [0.717, 1.165) is 19.5 Å². The maximum atomic E-state index is 13.2. The Kier molecular flexibility index (Phi) is 3.73. The van der Waals surface area contributed by atoms with Gasteiger partial charge in [0.25, 0.3) is 5.92 Å². The quantitative estimate of drug-likeness (QED) is 0.803. The highest BCUT2D eigenvalue weighted by molar-refractivity contribution is 5.82. The molecule has 5 heteroatoms. The van der Waals surface area contributed by atoms with Gasteiger partial charge in [0, 0.05) is 19.5 Å². The molecule has 0 radical (unpaired) electrons. The number of rotatable bonds is 1. The van der Waals surface area contributed by atoms with E-state index in [1.165, 1.54) is 38.5 Å². The van der Waals surface area contributed by atoms with Gasteiger partial charge >= 0.3 is 0 Å². The molecule has 1 amide bonds. The summed E-state index contributed by atoms with van der Waals surface area (Å²) in [6.07, 6.45) is 8.08. The Morgan fingerprint density at radius 2 is 1.80 bits per heavy atom. The molecule has 1 atom stereocenters. The Morgan fingerprint density at radius 3 is 2.45 bits per heavy atom. The van der Waals surface area contributed by atoms with Crippen molar-refractivity contribution in [3.05, 3.63) is 0 Å². The minimum absolute atomic E-state index is 0.105. The molecule has 3 nitrogen and oxygen atoms in total. The number of alkyl halides is 2. The van der Waals surface area contributed by atoms with Gasteiger partial charge in [-0.1, -0.05) is 19.3 Å². The fraction of sp³-hybridized carbons (Fsp3) is 0.933. The summed E-state index contributed by atoms with van der Waals surface area (Å²) in [6.45, 7) is 1.17. The van der Waals surface area contributed by atoms with Crippen LogP contribution in [0.1, 0.15) is 51.4 Å². The highest BCUT2D eigenvalue weighted by Gasteiger charge is 2.45. The Balaban J connectivity index is 1.63. The predicted octanol–water partition coefficient (Wildman–Crippen LogP) is 2.56. The van der Waals surface area contributed by atoms with E-state index in [2.05, 4.69) is 5.32 Å². The molecule has 1 N–H and O–H groups in total. The highest BCUT2D eigenvalue weighted by atomic mass is 19.3. The lowest BCUT2D eigenvalue weighted by molar-refractivity contribution is -0.138. The summed E-state index contributed by atoms with van der Waals surface area (Å²) in [4.78, 5) is 14.3. The molecule has 20 heavy (non-hydrogen) atoms. The molecule has 3 rings (SSSR count). The second kappa shape index (κ2) is 5.24. The number of hydrogen-bond donors (Lipinski definition) is 1. The first-order chi connectivity index (χ1) is 9.50. The fourth-order valence-corrected chi connectivity index (χ4v) is 4.22. The van der Waals surface area contributed by atoms with E-state index in [1.807, 2.05) is 4.90 Å². The number of carbonyl (C=O) groups is 1. The van der Waals surface area contributed by atoms with Gasteiger partial charge in [-0.3, -0.25) is 10.1 Å². The predicted molar refractivity (Wildman–Crippen MR) is 72.7 cm³/mol. The third-order valence-corrected chi connectivity index (χ3v) is 5.30. The lowest BCUT2D eigenvalue weighted by Crippen LogP contribution is -2.51. The average molecular weight is 286 g/mol. The third kappa shape index (κ3) is 2.83. The maximum absolute atomic E-state index is 13.2. The standard InChI is InChI=1S/C15H24F2N2O/c16-15(17)9-12(18-10-15)13(20)19-8-4-7-14(11-19)5-2-1-3-6-14/h12,18H,1-11H2. The van der Waals surface area contributed by atoms with E-state index in [-0.39, 0.29) is 24.3 Å². The van der Waals surface area contributed by atoms with Gasteiger partial charge in [-0.05, 0) is 31.1 Å². The van der Waals surface area contributed by atoms with Crippen molar-refractivity contribution in [1.29, 1.82) is 0 Å². The Hall–Kier alpha value is -0.710. The highest BCUT2D eigenvalue weighted by Crippen LogP contribution is 2.43. The normalized spacial score (nSPS) is 32.5. The van der Waals surface area contributed by atoms with Gasteiger partial charge in [-0.15, -0.1) is 0 Å². The molecule has 0 bridgehead atoms. The summed E-state index contributed by atoms with van der Waals surface area (Å²) < 4.78 is 26.5. The summed E-state index contributed by atoms with van der Waals surface area (Å²) in [6, 6.07) is -0.677. The van der Waals surface area contributed by atoms with Crippen molar-refractivity contribution in [2.45, 2.75) is 63.3 Å². The lowest BCUT2D eigenvalue weighted by Gasteiger charge is -2.45. The van der Waals surface area contributed by atoms with Crippen molar-refractivity contribution in [3.63, 3.8) is 0 Å². The first-order valence-electron chi connectivity index (χ1n) is 7.90. The molecule has 1 aliphatic carbocycles. The number of hydrogen-bond acceptors (Lipinski definition) is 2. The van der Waals surface area contributed by atoms with Gasteiger partial charge in [0.1, 0.15) is 0 Å². The minimum Gasteiger partial charge on any atom is -0.341 e. The van der Waals surface area contributed by atoms with Crippen molar-refractivity contribution in [2.75, 3.05) is 19.6 Å². The fourth-order valence-electron chi connectivity index (χ4n) is 4.22. The van der Waals surface area contributed by atoms with E-state index < -0.39 is 12.0 Å². The number of carbonyl (C=O) groups excluding carboxylic acids is 1. The molecule has 2 saturated heterocycles.